The lowest BCUT2D eigenvalue weighted by Crippen LogP contribution is -2.82. The summed E-state index contributed by atoms with van der Waals surface area (Å²) in [6.45, 7) is 3.81. The molecule has 0 aromatic heterocycles. The summed E-state index contributed by atoms with van der Waals surface area (Å²) < 4.78 is 10.5. The minimum atomic E-state index is -2.40. The number of hydrogen-bond donors (Lipinski definition) is 5. The number of piperazine rings is 1. The molecule has 2 amide bonds. The first-order chi connectivity index (χ1) is 13.5. The van der Waals surface area contributed by atoms with Gasteiger partial charge in [0, 0.05) is 0 Å². The summed E-state index contributed by atoms with van der Waals surface area (Å²) in [4.78, 5) is 37.2. The first kappa shape index (κ1) is 20.9. The molecule has 156 valence electrons. The van der Waals surface area contributed by atoms with Crippen LogP contribution >= 0.6 is 0 Å². The zero-order chi connectivity index (χ0) is 21.4. The minimum absolute atomic E-state index is 0.00897. The molecule has 3 saturated heterocycles. The number of amides is 2. The van der Waals surface area contributed by atoms with Crippen LogP contribution in [0.15, 0.2) is 42.5 Å². The van der Waals surface area contributed by atoms with Crippen molar-refractivity contribution >= 4 is 17.8 Å². The standard InChI is InChI=1S/C19H22N2O8/c1-11-8-9-29-19(16(25)20-18(11,27)15(24)21-19)14(23)17(2,26)10-28-13(22)12-6-4-3-5-7-12/h3-7,14,23,26-27H,1,8-10H2,2H3,(H,20,25)(H,21,24)/t14-,17-,18+,19-/m0/s1. The fraction of sp³-hybridized carbons (Fsp3) is 0.421. The van der Waals surface area contributed by atoms with Crippen LogP contribution in [0.4, 0.5) is 0 Å². The van der Waals surface area contributed by atoms with Gasteiger partial charge in [-0.1, -0.05) is 24.8 Å². The topological polar surface area (TPSA) is 154 Å². The van der Waals surface area contributed by atoms with Crippen molar-refractivity contribution in [2.45, 2.75) is 36.5 Å². The van der Waals surface area contributed by atoms with E-state index < -0.39 is 47.5 Å². The molecular formula is C19H22N2O8. The number of benzene rings is 1. The first-order valence-corrected chi connectivity index (χ1v) is 8.85. The molecule has 4 atom stereocenters. The molecule has 0 spiro atoms. The van der Waals surface area contributed by atoms with Gasteiger partial charge in [-0.15, -0.1) is 0 Å². The second kappa shape index (κ2) is 7.23. The van der Waals surface area contributed by atoms with Gasteiger partial charge in [-0.2, -0.15) is 0 Å². The number of nitrogens with one attached hydrogen (secondary N) is 2. The maximum absolute atomic E-state index is 12.7. The molecule has 1 aromatic carbocycles. The monoisotopic (exact) mass is 406 g/mol. The highest BCUT2D eigenvalue weighted by atomic mass is 16.6. The molecule has 10 heteroatoms. The van der Waals surface area contributed by atoms with Crippen LogP contribution in [0.3, 0.4) is 0 Å². The Morgan fingerprint density at radius 3 is 2.62 bits per heavy atom. The summed E-state index contributed by atoms with van der Waals surface area (Å²) in [5.74, 6) is -2.91. The number of aliphatic hydroxyl groups is 3. The Balaban J connectivity index is 1.80. The van der Waals surface area contributed by atoms with Gasteiger partial charge in [0.2, 0.25) is 5.72 Å². The predicted molar refractivity (Wildman–Crippen MR) is 97.0 cm³/mol. The number of carbonyl (C=O) groups excluding carboxylic acids is 3. The van der Waals surface area contributed by atoms with Crippen molar-refractivity contribution < 1.29 is 39.2 Å². The second-order valence-electron chi connectivity index (χ2n) is 7.26. The molecule has 10 nitrogen and oxygen atoms in total. The lowest BCUT2D eigenvalue weighted by molar-refractivity contribution is -0.230. The van der Waals surface area contributed by atoms with E-state index in [0.717, 1.165) is 6.92 Å². The minimum Gasteiger partial charge on any atom is -0.459 e. The van der Waals surface area contributed by atoms with Crippen LogP contribution in [-0.4, -0.2) is 69.5 Å². The van der Waals surface area contributed by atoms with Gasteiger partial charge in [-0.05, 0) is 31.1 Å². The highest BCUT2D eigenvalue weighted by Crippen LogP contribution is 2.33. The van der Waals surface area contributed by atoms with E-state index in [1.165, 1.54) is 12.1 Å². The molecule has 5 N–H and O–H groups in total. The Kier molecular flexibility index (Phi) is 5.22. The molecule has 1 aromatic rings. The van der Waals surface area contributed by atoms with Gasteiger partial charge in [0.15, 0.2) is 0 Å². The SMILES string of the molecule is C=C1CCO[C@]2([C@@H](O)[C@@](C)(O)COC(=O)c3ccccc3)NC(=O)[C@@]1(O)NC2=O. The van der Waals surface area contributed by atoms with Crippen molar-refractivity contribution in [3.8, 4) is 0 Å². The molecule has 29 heavy (non-hydrogen) atoms. The summed E-state index contributed by atoms with van der Waals surface area (Å²) in [5.41, 5.74) is -6.71. The van der Waals surface area contributed by atoms with Gasteiger partial charge in [0.05, 0.1) is 12.2 Å². The fourth-order valence-corrected chi connectivity index (χ4v) is 3.15. The zero-order valence-electron chi connectivity index (χ0n) is 15.7. The van der Waals surface area contributed by atoms with Crippen molar-refractivity contribution in [2.75, 3.05) is 13.2 Å². The van der Waals surface area contributed by atoms with E-state index >= 15 is 0 Å². The van der Waals surface area contributed by atoms with E-state index in [4.69, 9.17) is 9.47 Å². The third kappa shape index (κ3) is 3.51. The van der Waals surface area contributed by atoms with E-state index in [0.29, 0.717) is 0 Å². The van der Waals surface area contributed by atoms with E-state index in [9.17, 15) is 29.7 Å². The molecular weight excluding hydrogens is 384 g/mol. The van der Waals surface area contributed by atoms with Crippen LogP contribution in [0.2, 0.25) is 0 Å². The van der Waals surface area contributed by atoms with Crippen molar-refractivity contribution in [3.63, 3.8) is 0 Å². The average Bonchev–Trinajstić information content (AvgIpc) is 2.69. The molecule has 2 bridgehead atoms. The second-order valence-corrected chi connectivity index (χ2v) is 7.26. The summed E-state index contributed by atoms with van der Waals surface area (Å²) in [6.07, 6.45) is -2.03. The van der Waals surface area contributed by atoms with E-state index in [-0.39, 0.29) is 24.2 Å². The number of aliphatic hydroxyl groups excluding tert-OH is 1. The molecule has 0 aliphatic carbocycles. The summed E-state index contributed by atoms with van der Waals surface area (Å²) in [7, 11) is 0. The molecule has 3 heterocycles. The first-order valence-electron chi connectivity index (χ1n) is 8.85. The quantitative estimate of drug-likeness (QED) is 0.294. The molecule has 3 fully saturated rings. The van der Waals surface area contributed by atoms with Crippen molar-refractivity contribution in [1.29, 1.82) is 0 Å². The zero-order valence-corrected chi connectivity index (χ0v) is 15.7. The number of hydrogen-bond acceptors (Lipinski definition) is 8. The van der Waals surface area contributed by atoms with Crippen molar-refractivity contribution in [2.24, 2.45) is 0 Å². The number of esters is 1. The third-order valence-corrected chi connectivity index (χ3v) is 4.98. The molecule has 0 saturated carbocycles. The third-order valence-electron chi connectivity index (χ3n) is 4.98. The van der Waals surface area contributed by atoms with Crippen molar-refractivity contribution in [1.82, 2.24) is 10.6 Å². The molecule has 3 aliphatic heterocycles. The van der Waals surface area contributed by atoms with Crippen LogP contribution in [0.25, 0.3) is 0 Å². The summed E-state index contributed by atoms with van der Waals surface area (Å²) in [5, 5.41) is 36.1. The van der Waals surface area contributed by atoms with Crippen LogP contribution in [0.5, 0.6) is 0 Å². The van der Waals surface area contributed by atoms with Gasteiger partial charge in [-0.3, -0.25) is 9.59 Å². The molecule has 3 aliphatic rings. The van der Waals surface area contributed by atoms with E-state index in [1.54, 1.807) is 18.2 Å². The van der Waals surface area contributed by atoms with Gasteiger partial charge in [0.25, 0.3) is 17.5 Å². The van der Waals surface area contributed by atoms with Crippen molar-refractivity contribution in [3.05, 3.63) is 48.0 Å². The normalized spacial score (nSPS) is 29.7. The van der Waals surface area contributed by atoms with Gasteiger partial charge >= 0.3 is 5.97 Å². The average molecular weight is 406 g/mol. The summed E-state index contributed by atoms with van der Waals surface area (Å²) in [6, 6.07) is 7.98. The Labute approximate surface area is 166 Å². The van der Waals surface area contributed by atoms with Gasteiger partial charge in [-0.25, -0.2) is 4.79 Å². The molecule has 4 rings (SSSR count). The maximum Gasteiger partial charge on any atom is 0.338 e. The Bertz CT molecular complexity index is 855. The van der Waals surface area contributed by atoms with E-state index in [1.807, 2.05) is 0 Å². The highest BCUT2D eigenvalue weighted by molar-refractivity contribution is 6.03. The van der Waals surface area contributed by atoms with E-state index in [2.05, 4.69) is 17.2 Å². The lowest BCUT2D eigenvalue weighted by atomic mass is 9.85. The fourth-order valence-electron chi connectivity index (χ4n) is 3.15. The smallest absolute Gasteiger partial charge is 0.338 e. The Hall–Kier alpha value is -2.79. The number of carbonyl (C=O) groups is 3. The van der Waals surface area contributed by atoms with Crippen LogP contribution in [-0.2, 0) is 19.1 Å². The lowest BCUT2D eigenvalue weighted by Gasteiger charge is -2.49. The van der Waals surface area contributed by atoms with Gasteiger partial charge in [0.1, 0.15) is 18.3 Å². The van der Waals surface area contributed by atoms with Gasteiger partial charge < -0.3 is 35.4 Å². The van der Waals surface area contributed by atoms with Crippen LogP contribution in [0, 0.1) is 0 Å². The number of rotatable bonds is 5. The number of fused-ring (bicyclic) bond motifs is 5. The van der Waals surface area contributed by atoms with Crippen LogP contribution < -0.4 is 10.6 Å². The Morgan fingerprint density at radius 1 is 1.31 bits per heavy atom. The maximum atomic E-state index is 12.7. The largest absolute Gasteiger partial charge is 0.459 e. The Morgan fingerprint density at radius 2 is 1.97 bits per heavy atom. The summed E-state index contributed by atoms with van der Waals surface area (Å²) >= 11 is 0. The predicted octanol–water partition coefficient (Wildman–Crippen LogP) is -1.44. The van der Waals surface area contributed by atoms with Crippen LogP contribution in [0.1, 0.15) is 23.7 Å². The molecule has 0 unspecified atom stereocenters. The highest BCUT2D eigenvalue weighted by Gasteiger charge is 2.63. The molecule has 0 radical (unpaired) electrons. The number of ether oxygens (including phenoxy) is 2.